The minimum atomic E-state index is -0.283. The fourth-order valence-corrected chi connectivity index (χ4v) is 4.46. The number of carbonyl (C=O) groups excluding carboxylic acids is 2. The minimum absolute atomic E-state index is 0.0127. The van der Waals surface area contributed by atoms with Gasteiger partial charge in [0.15, 0.2) is 0 Å². The van der Waals surface area contributed by atoms with Crippen LogP contribution in [0.3, 0.4) is 0 Å². The molecule has 3 aromatic rings. The van der Waals surface area contributed by atoms with Crippen molar-refractivity contribution in [2.75, 3.05) is 19.6 Å². The molecule has 1 atom stereocenters. The van der Waals surface area contributed by atoms with Crippen molar-refractivity contribution in [3.05, 3.63) is 47.5 Å². The molecule has 3 heterocycles. The highest BCUT2D eigenvalue weighted by Crippen LogP contribution is 2.29. The van der Waals surface area contributed by atoms with Crippen molar-refractivity contribution >= 4 is 22.8 Å². The molecule has 8 nitrogen and oxygen atoms in total. The number of fused-ring (bicyclic) bond motifs is 1. The fraction of sp³-hybridized carbons (Fsp3) is 0.478. The van der Waals surface area contributed by atoms with Gasteiger partial charge in [-0.3, -0.25) is 14.3 Å². The molecule has 1 fully saturated rings. The van der Waals surface area contributed by atoms with E-state index in [4.69, 9.17) is 4.98 Å². The van der Waals surface area contributed by atoms with Gasteiger partial charge in [-0.1, -0.05) is 19.1 Å². The van der Waals surface area contributed by atoms with Crippen molar-refractivity contribution in [1.82, 2.24) is 29.5 Å². The van der Waals surface area contributed by atoms with Gasteiger partial charge >= 0.3 is 0 Å². The number of piperidine rings is 1. The maximum Gasteiger partial charge on any atom is 0.269 e. The molecule has 4 rings (SSSR count). The van der Waals surface area contributed by atoms with Crippen LogP contribution in [0.25, 0.3) is 11.0 Å². The molecule has 1 aromatic carbocycles. The summed E-state index contributed by atoms with van der Waals surface area (Å²) >= 11 is 0. The Hall–Kier alpha value is -3.16. The summed E-state index contributed by atoms with van der Waals surface area (Å²) < 4.78 is 3.84. The Kier molecular flexibility index (Phi) is 6.06. The summed E-state index contributed by atoms with van der Waals surface area (Å²) in [6, 6.07) is 9.94. The zero-order valence-corrected chi connectivity index (χ0v) is 18.5. The number of hydrogen-bond acceptors (Lipinski definition) is 4. The molecule has 8 heteroatoms. The van der Waals surface area contributed by atoms with Crippen molar-refractivity contribution in [2.24, 2.45) is 7.05 Å². The van der Waals surface area contributed by atoms with Gasteiger partial charge in [0, 0.05) is 32.6 Å². The molecule has 0 aliphatic carbocycles. The van der Waals surface area contributed by atoms with Crippen LogP contribution in [0.1, 0.15) is 54.1 Å². The summed E-state index contributed by atoms with van der Waals surface area (Å²) in [5, 5.41) is 6.93. The van der Waals surface area contributed by atoms with E-state index < -0.39 is 0 Å². The Morgan fingerprint density at radius 1 is 1.26 bits per heavy atom. The largest absolute Gasteiger partial charge is 0.342 e. The van der Waals surface area contributed by atoms with Crippen LogP contribution in [-0.2, 0) is 18.4 Å². The summed E-state index contributed by atoms with van der Waals surface area (Å²) in [7, 11) is 1.72. The first-order chi connectivity index (χ1) is 15.0. The Morgan fingerprint density at radius 3 is 2.81 bits per heavy atom. The molecule has 2 amide bonds. The molecule has 0 saturated carbocycles. The van der Waals surface area contributed by atoms with Crippen molar-refractivity contribution in [3.63, 3.8) is 0 Å². The number of aromatic nitrogens is 4. The van der Waals surface area contributed by atoms with Gasteiger partial charge in [0.1, 0.15) is 11.5 Å². The molecule has 1 unspecified atom stereocenters. The third-order valence-corrected chi connectivity index (χ3v) is 5.91. The highest BCUT2D eigenvalue weighted by molar-refractivity contribution is 5.95. The molecule has 1 N–H and O–H groups in total. The average molecular weight is 423 g/mol. The number of likely N-dealkylation sites (tertiary alicyclic amines) is 1. The second kappa shape index (κ2) is 8.91. The summed E-state index contributed by atoms with van der Waals surface area (Å²) in [4.78, 5) is 32.0. The maximum absolute atomic E-state index is 12.8. The van der Waals surface area contributed by atoms with Crippen LogP contribution in [0, 0.1) is 6.92 Å². The lowest BCUT2D eigenvalue weighted by Gasteiger charge is -2.33. The third-order valence-electron chi connectivity index (χ3n) is 5.91. The first kappa shape index (κ1) is 21.1. The van der Waals surface area contributed by atoms with E-state index >= 15 is 0 Å². The lowest BCUT2D eigenvalue weighted by molar-refractivity contribution is -0.131. The lowest BCUT2D eigenvalue weighted by atomic mass is 9.97. The van der Waals surface area contributed by atoms with E-state index in [9.17, 15) is 9.59 Å². The van der Waals surface area contributed by atoms with E-state index in [0.29, 0.717) is 18.8 Å². The van der Waals surface area contributed by atoms with E-state index in [0.717, 1.165) is 48.4 Å². The van der Waals surface area contributed by atoms with Crippen LogP contribution in [0.5, 0.6) is 0 Å². The number of nitrogens with one attached hydrogen (secondary N) is 1. The maximum atomic E-state index is 12.8. The fourth-order valence-electron chi connectivity index (χ4n) is 4.46. The van der Waals surface area contributed by atoms with Crippen molar-refractivity contribution in [3.8, 4) is 0 Å². The zero-order valence-electron chi connectivity index (χ0n) is 18.5. The van der Waals surface area contributed by atoms with Crippen molar-refractivity contribution in [1.29, 1.82) is 0 Å². The molecule has 0 radical (unpaired) electrons. The number of carbonyl (C=O) groups is 2. The molecule has 1 aliphatic rings. The minimum Gasteiger partial charge on any atom is -0.342 e. The average Bonchev–Trinajstić information content (AvgIpc) is 3.31. The topological polar surface area (TPSA) is 85.0 Å². The van der Waals surface area contributed by atoms with Crippen molar-refractivity contribution in [2.45, 2.75) is 45.6 Å². The van der Waals surface area contributed by atoms with E-state index in [-0.39, 0.29) is 24.3 Å². The second-order valence-electron chi connectivity index (χ2n) is 8.27. The van der Waals surface area contributed by atoms with Gasteiger partial charge in [-0.25, -0.2) is 4.98 Å². The number of hydrogen-bond donors (Lipinski definition) is 1. The van der Waals surface area contributed by atoms with Crippen LogP contribution in [0.4, 0.5) is 0 Å². The highest BCUT2D eigenvalue weighted by atomic mass is 16.2. The lowest BCUT2D eigenvalue weighted by Crippen LogP contribution is -2.45. The number of aryl methyl sites for hydroxylation is 3. The SMILES string of the molecule is CCCn1c(C2CCCN(C(=O)CNC(=O)c3cc(C)nn3C)C2)nc2ccccc21. The van der Waals surface area contributed by atoms with Gasteiger partial charge in [-0.05, 0) is 44.4 Å². The number of imidazole rings is 1. The predicted molar refractivity (Wildman–Crippen MR) is 119 cm³/mol. The number of para-hydroxylation sites is 2. The Morgan fingerprint density at radius 2 is 2.06 bits per heavy atom. The smallest absolute Gasteiger partial charge is 0.269 e. The molecule has 1 aliphatic heterocycles. The monoisotopic (exact) mass is 422 g/mol. The molecular weight excluding hydrogens is 392 g/mol. The summed E-state index contributed by atoms with van der Waals surface area (Å²) in [6.07, 6.45) is 2.97. The third kappa shape index (κ3) is 4.33. The zero-order chi connectivity index (χ0) is 22.0. The van der Waals surface area contributed by atoms with E-state index in [1.807, 2.05) is 30.0 Å². The quantitative estimate of drug-likeness (QED) is 0.662. The van der Waals surface area contributed by atoms with Crippen LogP contribution in [0.15, 0.2) is 30.3 Å². The normalized spacial score (nSPS) is 16.6. The molecule has 0 bridgehead atoms. The van der Waals surface area contributed by atoms with Gasteiger partial charge in [0.05, 0.1) is 23.3 Å². The molecule has 31 heavy (non-hydrogen) atoms. The summed E-state index contributed by atoms with van der Waals surface area (Å²) in [6.45, 7) is 6.25. The van der Waals surface area contributed by atoms with Crippen LogP contribution in [0.2, 0.25) is 0 Å². The molecule has 164 valence electrons. The van der Waals surface area contributed by atoms with Gasteiger partial charge in [0.2, 0.25) is 5.91 Å². The van der Waals surface area contributed by atoms with Gasteiger partial charge in [-0.2, -0.15) is 5.10 Å². The standard InChI is InChI=1S/C23H30N6O2/c1-4-11-29-19-10-6-5-9-18(19)25-22(29)17-8-7-12-28(15-17)21(30)14-24-23(31)20-13-16(2)26-27(20)3/h5-6,9-10,13,17H,4,7-8,11-12,14-15H2,1-3H3,(H,24,31). The first-order valence-electron chi connectivity index (χ1n) is 11.0. The van der Waals surface area contributed by atoms with Gasteiger partial charge in [-0.15, -0.1) is 0 Å². The summed E-state index contributed by atoms with van der Waals surface area (Å²) in [5.41, 5.74) is 3.39. The number of rotatable bonds is 6. The van der Waals surface area contributed by atoms with Crippen molar-refractivity contribution < 1.29 is 9.59 Å². The predicted octanol–water partition coefficient (Wildman–Crippen LogP) is 2.62. The number of nitrogens with zero attached hydrogens (tertiary/aromatic N) is 5. The number of benzene rings is 1. The molecule has 2 aromatic heterocycles. The van der Waals surface area contributed by atoms with Crippen LogP contribution < -0.4 is 5.32 Å². The van der Waals surface area contributed by atoms with Crippen LogP contribution >= 0.6 is 0 Å². The van der Waals surface area contributed by atoms with Gasteiger partial charge < -0.3 is 14.8 Å². The van der Waals surface area contributed by atoms with E-state index in [1.54, 1.807) is 13.1 Å². The molecule has 0 spiro atoms. The number of amides is 2. The Balaban J connectivity index is 1.44. The highest BCUT2D eigenvalue weighted by Gasteiger charge is 2.28. The first-order valence-corrected chi connectivity index (χ1v) is 11.0. The Labute approximate surface area is 182 Å². The second-order valence-corrected chi connectivity index (χ2v) is 8.27. The van der Waals surface area contributed by atoms with E-state index in [1.165, 1.54) is 4.68 Å². The summed E-state index contributed by atoms with van der Waals surface area (Å²) in [5.74, 6) is 0.923. The molecular formula is C23H30N6O2. The van der Waals surface area contributed by atoms with E-state index in [2.05, 4.69) is 28.0 Å². The molecule has 1 saturated heterocycles. The van der Waals surface area contributed by atoms with Crippen LogP contribution in [-0.4, -0.2) is 55.7 Å². The Bertz CT molecular complexity index is 1100. The van der Waals surface area contributed by atoms with Gasteiger partial charge in [0.25, 0.3) is 5.91 Å².